The summed E-state index contributed by atoms with van der Waals surface area (Å²) in [6.45, 7) is 16.6. The summed E-state index contributed by atoms with van der Waals surface area (Å²) in [5, 5.41) is 10.1. The summed E-state index contributed by atoms with van der Waals surface area (Å²) < 4.78 is 0. The third-order valence-electron chi connectivity index (χ3n) is 5.14. The minimum atomic E-state index is 0.114. The molecule has 3 heteroatoms. The fourth-order valence-electron chi connectivity index (χ4n) is 3.63. The number of rotatable bonds is 7. The molecular weight excluding hydrogens is 330 g/mol. The fraction of sp³-hybridized carbons (Fsp3) is 0.545. The molecule has 1 N–H and O–H groups in total. The fourth-order valence-corrected chi connectivity index (χ4v) is 3.80. The number of aliphatic hydroxyl groups is 1. The lowest BCUT2D eigenvalue weighted by Gasteiger charge is -2.24. The van der Waals surface area contributed by atoms with Crippen molar-refractivity contribution in [3.63, 3.8) is 0 Å². The van der Waals surface area contributed by atoms with Gasteiger partial charge in [-0.15, -0.1) is 0 Å². The molecule has 0 aliphatic carbocycles. The smallest absolute Gasteiger partial charge is 0.0854 e. The predicted octanol–water partition coefficient (Wildman–Crippen LogP) is 6.26. The van der Waals surface area contributed by atoms with Crippen LogP contribution >= 0.6 is 11.6 Å². The lowest BCUT2D eigenvalue weighted by molar-refractivity contribution is 0.358. The molecule has 25 heavy (non-hydrogen) atoms. The molecule has 1 saturated heterocycles. The van der Waals surface area contributed by atoms with Crippen LogP contribution in [0.5, 0.6) is 0 Å². The molecule has 2 rings (SSSR count). The predicted molar refractivity (Wildman–Crippen MR) is 108 cm³/mol. The van der Waals surface area contributed by atoms with Crippen LogP contribution in [0.2, 0.25) is 5.02 Å². The van der Waals surface area contributed by atoms with Gasteiger partial charge in [-0.3, -0.25) is 0 Å². The van der Waals surface area contributed by atoms with E-state index in [-0.39, 0.29) is 11.2 Å². The monoisotopic (exact) mass is 361 g/mol. The molecule has 0 aromatic heterocycles. The summed E-state index contributed by atoms with van der Waals surface area (Å²) in [6, 6.07) is 6.33. The highest BCUT2D eigenvalue weighted by molar-refractivity contribution is 6.30. The summed E-state index contributed by atoms with van der Waals surface area (Å²) in [6.07, 6.45) is 4.92. The Hall–Kier alpha value is -1.41. The molecular formula is C22H32ClNO. The van der Waals surface area contributed by atoms with Crippen molar-refractivity contribution < 1.29 is 5.11 Å². The number of halogens is 1. The van der Waals surface area contributed by atoms with Crippen LogP contribution in [0.3, 0.4) is 0 Å². The number of hydrogen-bond donors (Lipinski definition) is 1. The second-order valence-corrected chi connectivity index (χ2v) is 8.76. The van der Waals surface area contributed by atoms with Crippen LogP contribution in [-0.2, 0) is 11.8 Å². The van der Waals surface area contributed by atoms with E-state index >= 15 is 0 Å². The van der Waals surface area contributed by atoms with Gasteiger partial charge in [-0.25, -0.2) is 0 Å². The first-order valence-electron chi connectivity index (χ1n) is 9.25. The van der Waals surface area contributed by atoms with Gasteiger partial charge in [0.1, 0.15) is 0 Å². The second kappa shape index (κ2) is 8.31. The van der Waals surface area contributed by atoms with Crippen molar-refractivity contribution >= 4 is 11.6 Å². The SMILES string of the molecule is C=C(O)CCC(=C)N1CCC(CCc2ccc(Cl)cc2C(C)(C)C)C1. The summed E-state index contributed by atoms with van der Waals surface area (Å²) in [5.41, 5.74) is 4.02. The molecule has 1 aliphatic rings. The molecule has 0 saturated carbocycles. The first-order chi connectivity index (χ1) is 11.7. The standard InChI is InChI=1S/C22H32ClNO/c1-16(6-7-17(2)25)24-13-12-18(15-24)8-9-19-10-11-20(23)14-21(19)22(3,4)5/h10-11,14,18,25H,1-2,6-9,12-13,15H2,3-5H3. The van der Waals surface area contributed by atoms with Gasteiger partial charge >= 0.3 is 0 Å². The molecule has 0 spiro atoms. The van der Waals surface area contributed by atoms with E-state index in [9.17, 15) is 5.11 Å². The zero-order valence-corrected chi connectivity index (χ0v) is 16.7. The molecule has 1 aromatic rings. The van der Waals surface area contributed by atoms with Crippen LogP contribution in [0.1, 0.15) is 57.6 Å². The van der Waals surface area contributed by atoms with Crippen LogP contribution in [0, 0.1) is 5.92 Å². The Bertz CT molecular complexity index is 629. The van der Waals surface area contributed by atoms with Gasteiger partial charge in [0, 0.05) is 30.2 Å². The zero-order valence-electron chi connectivity index (χ0n) is 15.9. The Morgan fingerprint density at radius 3 is 2.64 bits per heavy atom. The quantitative estimate of drug-likeness (QED) is 0.579. The number of aliphatic hydroxyl groups excluding tert-OH is 1. The van der Waals surface area contributed by atoms with Crippen LogP contribution in [-0.4, -0.2) is 23.1 Å². The average molecular weight is 362 g/mol. The van der Waals surface area contributed by atoms with Crippen LogP contribution < -0.4 is 0 Å². The van der Waals surface area contributed by atoms with E-state index in [0.29, 0.717) is 12.3 Å². The second-order valence-electron chi connectivity index (χ2n) is 8.32. The van der Waals surface area contributed by atoms with Crippen molar-refractivity contribution in [1.29, 1.82) is 0 Å². The number of likely N-dealkylation sites (tertiary alicyclic amines) is 1. The van der Waals surface area contributed by atoms with E-state index in [1.165, 1.54) is 24.0 Å². The van der Waals surface area contributed by atoms with Crippen LogP contribution in [0.4, 0.5) is 0 Å². The number of nitrogens with zero attached hydrogens (tertiary/aromatic N) is 1. The summed E-state index contributed by atoms with van der Waals surface area (Å²) in [5.74, 6) is 0.951. The van der Waals surface area contributed by atoms with E-state index in [2.05, 4.69) is 51.0 Å². The number of allylic oxidation sites excluding steroid dienone is 2. The topological polar surface area (TPSA) is 23.5 Å². The third kappa shape index (κ3) is 5.81. The third-order valence-corrected chi connectivity index (χ3v) is 5.37. The van der Waals surface area contributed by atoms with E-state index in [4.69, 9.17) is 11.6 Å². The maximum absolute atomic E-state index is 9.25. The van der Waals surface area contributed by atoms with Crippen molar-refractivity contribution in [3.05, 3.63) is 59.0 Å². The minimum absolute atomic E-state index is 0.114. The summed E-state index contributed by atoms with van der Waals surface area (Å²) in [7, 11) is 0. The van der Waals surface area contributed by atoms with Crippen molar-refractivity contribution in [2.75, 3.05) is 13.1 Å². The molecule has 138 valence electrons. The Labute approximate surface area is 158 Å². The molecule has 0 radical (unpaired) electrons. The normalized spacial score (nSPS) is 17.8. The lowest BCUT2D eigenvalue weighted by atomic mass is 9.82. The number of benzene rings is 1. The number of hydrogen-bond acceptors (Lipinski definition) is 2. The van der Waals surface area contributed by atoms with E-state index in [0.717, 1.165) is 36.7 Å². The Balaban J connectivity index is 1.91. The Morgan fingerprint density at radius 1 is 1.28 bits per heavy atom. The highest BCUT2D eigenvalue weighted by Crippen LogP contribution is 2.31. The Morgan fingerprint density at radius 2 is 2.00 bits per heavy atom. The summed E-state index contributed by atoms with van der Waals surface area (Å²) in [4.78, 5) is 2.38. The van der Waals surface area contributed by atoms with Crippen molar-refractivity contribution in [3.8, 4) is 0 Å². The molecule has 0 bridgehead atoms. The highest BCUT2D eigenvalue weighted by Gasteiger charge is 2.24. The minimum Gasteiger partial charge on any atom is -0.513 e. The number of aryl methyl sites for hydroxylation is 1. The van der Waals surface area contributed by atoms with Crippen molar-refractivity contribution in [2.45, 2.75) is 58.3 Å². The van der Waals surface area contributed by atoms with Gasteiger partial charge in [0.25, 0.3) is 0 Å². The largest absolute Gasteiger partial charge is 0.513 e. The van der Waals surface area contributed by atoms with Gasteiger partial charge in [-0.05, 0) is 60.3 Å². The van der Waals surface area contributed by atoms with Gasteiger partial charge in [-0.2, -0.15) is 0 Å². The van der Waals surface area contributed by atoms with Crippen LogP contribution in [0.25, 0.3) is 0 Å². The molecule has 0 amide bonds. The first-order valence-corrected chi connectivity index (χ1v) is 9.63. The van der Waals surface area contributed by atoms with E-state index in [1.807, 2.05) is 6.07 Å². The maximum Gasteiger partial charge on any atom is 0.0854 e. The van der Waals surface area contributed by atoms with E-state index in [1.54, 1.807) is 0 Å². The van der Waals surface area contributed by atoms with Gasteiger partial charge in [0.05, 0.1) is 5.76 Å². The van der Waals surface area contributed by atoms with Gasteiger partial charge < -0.3 is 10.0 Å². The molecule has 2 nitrogen and oxygen atoms in total. The molecule has 1 fully saturated rings. The molecule has 1 aliphatic heterocycles. The van der Waals surface area contributed by atoms with Crippen molar-refractivity contribution in [1.82, 2.24) is 4.90 Å². The van der Waals surface area contributed by atoms with Crippen molar-refractivity contribution in [2.24, 2.45) is 5.92 Å². The first kappa shape index (κ1) is 19.9. The zero-order chi connectivity index (χ0) is 18.6. The molecule has 1 atom stereocenters. The maximum atomic E-state index is 9.25. The lowest BCUT2D eigenvalue weighted by Crippen LogP contribution is -2.20. The van der Waals surface area contributed by atoms with Gasteiger partial charge in [0.2, 0.25) is 0 Å². The summed E-state index contributed by atoms with van der Waals surface area (Å²) >= 11 is 6.22. The molecule has 1 aromatic carbocycles. The molecule has 1 unspecified atom stereocenters. The average Bonchev–Trinajstić information content (AvgIpc) is 2.99. The van der Waals surface area contributed by atoms with Gasteiger partial charge in [0.15, 0.2) is 0 Å². The molecule has 1 heterocycles. The Kier molecular flexibility index (Phi) is 6.62. The van der Waals surface area contributed by atoms with Gasteiger partial charge in [-0.1, -0.05) is 51.6 Å². The van der Waals surface area contributed by atoms with Crippen LogP contribution in [0.15, 0.2) is 42.8 Å². The highest BCUT2D eigenvalue weighted by atomic mass is 35.5. The van der Waals surface area contributed by atoms with E-state index < -0.39 is 0 Å².